The molecule has 0 spiro atoms. The van der Waals surface area contributed by atoms with Gasteiger partial charge in [-0.05, 0) is 42.9 Å². The number of anilines is 1. The second kappa shape index (κ2) is 5.42. The molecule has 3 heteroatoms. The van der Waals surface area contributed by atoms with Crippen molar-refractivity contribution in [1.29, 1.82) is 5.26 Å². The average molecular weight is 249 g/mol. The molecule has 1 aliphatic carbocycles. The smallest absolute Gasteiger partial charge is 0.101 e. The van der Waals surface area contributed by atoms with Crippen LogP contribution in [0, 0.1) is 23.2 Å². The van der Waals surface area contributed by atoms with Crippen molar-refractivity contribution in [2.24, 2.45) is 11.8 Å². The van der Waals surface area contributed by atoms with E-state index in [0.29, 0.717) is 10.6 Å². The van der Waals surface area contributed by atoms with Gasteiger partial charge in [0.1, 0.15) is 6.07 Å². The third-order valence-electron chi connectivity index (χ3n) is 3.49. The van der Waals surface area contributed by atoms with Crippen LogP contribution in [0.1, 0.15) is 31.7 Å². The molecule has 0 radical (unpaired) electrons. The van der Waals surface area contributed by atoms with Crippen molar-refractivity contribution in [2.45, 2.75) is 26.2 Å². The maximum Gasteiger partial charge on any atom is 0.101 e. The molecule has 1 aliphatic rings. The first-order valence-electron chi connectivity index (χ1n) is 6.12. The van der Waals surface area contributed by atoms with E-state index < -0.39 is 0 Å². The minimum absolute atomic E-state index is 0.525. The summed E-state index contributed by atoms with van der Waals surface area (Å²) >= 11 is 5.99. The predicted octanol–water partition coefficient (Wildman–Crippen LogP) is 4.06. The Hall–Kier alpha value is -1.20. The molecule has 1 fully saturated rings. The lowest BCUT2D eigenvalue weighted by atomic mass is 10.1. The number of nitrogens with one attached hydrogen (secondary N) is 1. The summed E-state index contributed by atoms with van der Waals surface area (Å²) in [6.45, 7) is 3.32. The van der Waals surface area contributed by atoms with E-state index in [9.17, 15) is 0 Å². The molecule has 90 valence electrons. The van der Waals surface area contributed by atoms with Crippen LogP contribution in [-0.4, -0.2) is 6.54 Å². The molecular weight excluding hydrogens is 232 g/mol. The third-order valence-corrected chi connectivity index (χ3v) is 3.80. The van der Waals surface area contributed by atoms with Crippen LogP contribution in [0.3, 0.4) is 0 Å². The van der Waals surface area contributed by atoms with Crippen LogP contribution in [0.5, 0.6) is 0 Å². The second-order valence-corrected chi connectivity index (χ2v) is 5.38. The number of benzene rings is 1. The molecule has 2 rings (SSSR count). The van der Waals surface area contributed by atoms with Gasteiger partial charge in [0.2, 0.25) is 0 Å². The fourth-order valence-electron chi connectivity index (χ4n) is 2.49. The lowest BCUT2D eigenvalue weighted by Gasteiger charge is -2.12. The summed E-state index contributed by atoms with van der Waals surface area (Å²) < 4.78 is 0. The Bertz CT molecular complexity index is 436. The van der Waals surface area contributed by atoms with Gasteiger partial charge in [0.25, 0.3) is 0 Å². The molecule has 2 atom stereocenters. The van der Waals surface area contributed by atoms with E-state index in [4.69, 9.17) is 16.9 Å². The van der Waals surface area contributed by atoms with E-state index in [1.165, 1.54) is 19.3 Å². The lowest BCUT2D eigenvalue weighted by Crippen LogP contribution is -2.11. The monoisotopic (exact) mass is 248 g/mol. The SMILES string of the molecule is CC1CCC(CNc2ccc(C#N)c(Cl)c2)C1. The van der Waals surface area contributed by atoms with Crippen LogP contribution in [0.15, 0.2) is 18.2 Å². The number of nitrogens with zero attached hydrogens (tertiary/aromatic N) is 1. The highest BCUT2D eigenvalue weighted by Gasteiger charge is 2.20. The molecule has 2 unspecified atom stereocenters. The van der Waals surface area contributed by atoms with E-state index >= 15 is 0 Å². The molecule has 0 heterocycles. The molecule has 1 saturated carbocycles. The van der Waals surface area contributed by atoms with Crippen LogP contribution >= 0.6 is 11.6 Å². The Labute approximate surface area is 108 Å². The molecule has 0 amide bonds. The minimum Gasteiger partial charge on any atom is -0.385 e. The maximum atomic E-state index is 8.79. The largest absolute Gasteiger partial charge is 0.385 e. The standard InChI is InChI=1S/C14H17ClN2/c1-10-2-3-11(6-10)9-17-13-5-4-12(8-16)14(15)7-13/h4-5,7,10-11,17H,2-3,6,9H2,1H3. The van der Waals surface area contributed by atoms with E-state index in [1.54, 1.807) is 6.07 Å². The van der Waals surface area contributed by atoms with Crippen LogP contribution < -0.4 is 5.32 Å². The van der Waals surface area contributed by atoms with Gasteiger partial charge in [-0.15, -0.1) is 0 Å². The molecule has 1 N–H and O–H groups in total. The molecule has 17 heavy (non-hydrogen) atoms. The zero-order valence-electron chi connectivity index (χ0n) is 10.0. The molecule has 0 bridgehead atoms. The van der Waals surface area contributed by atoms with Crippen molar-refractivity contribution in [3.63, 3.8) is 0 Å². The molecule has 0 aliphatic heterocycles. The number of hydrogen-bond donors (Lipinski definition) is 1. The van der Waals surface area contributed by atoms with Crippen LogP contribution in [0.4, 0.5) is 5.69 Å². The van der Waals surface area contributed by atoms with Gasteiger partial charge in [0.05, 0.1) is 10.6 Å². The van der Waals surface area contributed by atoms with Gasteiger partial charge in [-0.1, -0.05) is 24.9 Å². The topological polar surface area (TPSA) is 35.8 Å². The average Bonchev–Trinajstić information content (AvgIpc) is 2.73. The Morgan fingerprint density at radius 3 is 2.88 bits per heavy atom. The lowest BCUT2D eigenvalue weighted by molar-refractivity contribution is 0.537. The van der Waals surface area contributed by atoms with Gasteiger partial charge in [0, 0.05) is 12.2 Å². The molecule has 0 saturated heterocycles. The van der Waals surface area contributed by atoms with Gasteiger partial charge >= 0.3 is 0 Å². The van der Waals surface area contributed by atoms with Gasteiger partial charge in [-0.2, -0.15) is 5.26 Å². The summed E-state index contributed by atoms with van der Waals surface area (Å²) in [5, 5.41) is 12.7. The normalized spacial score (nSPS) is 23.4. The van der Waals surface area contributed by atoms with E-state index in [-0.39, 0.29) is 0 Å². The molecule has 0 aromatic heterocycles. The third kappa shape index (κ3) is 3.14. The zero-order chi connectivity index (χ0) is 12.3. The summed E-state index contributed by atoms with van der Waals surface area (Å²) in [5.41, 5.74) is 1.54. The summed E-state index contributed by atoms with van der Waals surface area (Å²) in [6, 6.07) is 7.58. The molecular formula is C14H17ClN2. The summed E-state index contributed by atoms with van der Waals surface area (Å²) in [4.78, 5) is 0. The maximum absolute atomic E-state index is 8.79. The van der Waals surface area contributed by atoms with Crippen molar-refractivity contribution in [1.82, 2.24) is 0 Å². The van der Waals surface area contributed by atoms with Crippen molar-refractivity contribution >= 4 is 17.3 Å². The molecule has 2 nitrogen and oxygen atoms in total. The molecule has 1 aromatic carbocycles. The van der Waals surface area contributed by atoms with Crippen molar-refractivity contribution in [2.75, 3.05) is 11.9 Å². The fourth-order valence-corrected chi connectivity index (χ4v) is 2.71. The number of halogens is 1. The van der Waals surface area contributed by atoms with E-state index in [1.807, 2.05) is 12.1 Å². The molecule has 1 aromatic rings. The van der Waals surface area contributed by atoms with Crippen molar-refractivity contribution in [3.05, 3.63) is 28.8 Å². The second-order valence-electron chi connectivity index (χ2n) is 4.97. The summed E-state index contributed by atoms with van der Waals surface area (Å²) in [5.74, 6) is 1.64. The highest BCUT2D eigenvalue weighted by Crippen LogP contribution is 2.30. The van der Waals surface area contributed by atoms with Crippen LogP contribution in [0.25, 0.3) is 0 Å². The highest BCUT2D eigenvalue weighted by molar-refractivity contribution is 6.32. The first kappa shape index (κ1) is 12.3. The van der Waals surface area contributed by atoms with Crippen molar-refractivity contribution < 1.29 is 0 Å². The van der Waals surface area contributed by atoms with Gasteiger partial charge in [-0.25, -0.2) is 0 Å². The Balaban J connectivity index is 1.91. The van der Waals surface area contributed by atoms with Gasteiger partial charge in [-0.3, -0.25) is 0 Å². The zero-order valence-corrected chi connectivity index (χ0v) is 10.8. The quantitative estimate of drug-likeness (QED) is 0.876. The number of rotatable bonds is 3. The van der Waals surface area contributed by atoms with Gasteiger partial charge in [0.15, 0.2) is 0 Å². The minimum atomic E-state index is 0.525. The predicted molar refractivity (Wildman–Crippen MR) is 71.2 cm³/mol. The Morgan fingerprint density at radius 2 is 2.29 bits per heavy atom. The fraction of sp³-hybridized carbons (Fsp3) is 0.500. The first-order valence-corrected chi connectivity index (χ1v) is 6.50. The van der Waals surface area contributed by atoms with E-state index in [2.05, 4.69) is 18.3 Å². The summed E-state index contributed by atoms with van der Waals surface area (Å²) in [6.07, 6.45) is 3.98. The number of hydrogen-bond acceptors (Lipinski definition) is 2. The highest BCUT2D eigenvalue weighted by atomic mass is 35.5. The Kier molecular flexibility index (Phi) is 3.91. The van der Waals surface area contributed by atoms with Gasteiger partial charge < -0.3 is 5.32 Å². The van der Waals surface area contributed by atoms with Crippen molar-refractivity contribution in [3.8, 4) is 6.07 Å². The van der Waals surface area contributed by atoms with Crippen LogP contribution in [-0.2, 0) is 0 Å². The first-order chi connectivity index (χ1) is 8.19. The van der Waals surface area contributed by atoms with E-state index in [0.717, 1.165) is 24.1 Å². The summed E-state index contributed by atoms with van der Waals surface area (Å²) in [7, 11) is 0. The number of nitriles is 1. The Morgan fingerprint density at radius 1 is 1.47 bits per heavy atom. The van der Waals surface area contributed by atoms with Crippen LogP contribution in [0.2, 0.25) is 5.02 Å².